The van der Waals surface area contributed by atoms with Crippen molar-refractivity contribution >= 4 is 16.9 Å². The molecule has 2 aromatic heterocycles. The number of fused-ring (bicyclic) bond motifs is 1. The van der Waals surface area contributed by atoms with Crippen molar-refractivity contribution in [1.82, 2.24) is 19.9 Å². The number of pyridine rings is 1. The molecule has 0 bridgehead atoms. The predicted molar refractivity (Wildman–Crippen MR) is 130 cm³/mol. The van der Waals surface area contributed by atoms with Crippen molar-refractivity contribution < 1.29 is 14.3 Å². The minimum atomic E-state index is -0.0698. The van der Waals surface area contributed by atoms with Gasteiger partial charge in [-0.25, -0.2) is 4.98 Å². The number of benzene rings is 3. The quantitative estimate of drug-likeness (QED) is 0.348. The highest BCUT2D eigenvalue weighted by Crippen LogP contribution is 2.38. The fourth-order valence-electron chi connectivity index (χ4n) is 3.47. The van der Waals surface area contributed by atoms with E-state index in [1.54, 1.807) is 44.6 Å². The summed E-state index contributed by atoms with van der Waals surface area (Å²) in [5.41, 5.74) is 2.84. The van der Waals surface area contributed by atoms with Crippen LogP contribution < -0.4 is 9.47 Å². The monoisotopic (exact) mass is 450 g/mol. The number of rotatable bonds is 6. The first-order valence-electron chi connectivity index (χ1n) is 10.7. The minimum Gasteiger partial charge on any atom is -0.453 e. The summed E-state index contributed by atoms with van der Waals surface area (Å²) in [4.78, 5) is 26.1. The molecule has 1 amide bonds. The molecule has 5 aromatic rings. The number of nitrogens with one attached hydrogen (secondary N) is 1. The summed E-state index contributed by atoms with van der Waals surface area (Å²) in [5, 5.41) is 0. The normalized spacial score (nSPS) is 10.8. The Kier molecular flexibility index (Phi) is 5.66. The number of imidazole rings is 1. The molecule has 2 heterocycles. The summed E-state index contributed by atoms with van der Waals surface area (Å²) < 4.78 is 12.3. The van der Waals surface area contributed by atoms with Gasteiger partial charge in [-0.1, -0.05) is 24.3 Å². The summed E-state index contributed by atoms with van der Waals surface area (Å²) in [5.74, 6) is 2.88. The maximum absolute atomic E-state index is 12.2. The van der Waals surface area contributed by atoms with Gasteiger partial charge in [-0.2, -0.15) is 0 Å². The number of hydrogen-bond acceptors (Lipinski definition) is 5. The van der Waals surface area contributed by atoms with Gasteiger partial charge in [0.05, 0.1) is 11.0 Å². The number of hydrogen-bond donors (Lipinski definition) is 1. The zero-order valence-electron chi connectivity index (χ0n) is 18.7. The molecule has 0 saturated carbocycles. The van der Waals surface area contributed by atoms with Crippen LogP contribution in [0.1, 0.15) is 10.4 Å². The van der Waals surface area contributed by atoms with Crippen LogP contribution in [0.2, 0.25) is 0 Å². The third kappa shape index (κ3) is 4.45. The molecule has 168 valence electrons. The molecule has 0 unspecified atom stereocenters. The summed E-state index contributed by atoms with van der Waals surface area (Å²) in [6.07, 6.45) is 1.73. The van der Waals surface area contributed by atoms with E-state index in [1.165, 1.54) is 4.90 Å². The van der Waals surface area contributed by atoms with Crippen LogP contribution in [-0.4, -0.2) is 39.9 Å². The number of nitrogens with zero attached hydrogens (tertiary/aromatic N) is 3. The second kappa shape index (κ2) is 9.07. The number of carbonyl (C=O) groups excluding carboxylic acids is 1. The highest BCUT2D eigenvalue weighted by Gasteiger charge is 2.15. The molecule has 0 atom stereocenters. The van der Waals surface area contributed by atoms with Gasteiger partial charge in [0.1, 0.15) is 17.2 Å². The summed E-state index contributed by atoms with van der Waals surface area (Å²) in [6.45, 7) is 0. The number of amides is 1. The first-order chi connectivity index (χ1) is 16.6. The number of carbonyl (C=O) groups is 1. The molecule has 34 heavy (non-hydrogen) atoms. The predicted octanol–water partition coefficient (Wildman–Crippen LogP) is 5.91. The van der Waals surface area contributed by atoms with Gasteiger partial charge in [-0.05, 0) is 48.5 Å². The van der Waals surface area contributed by atoms with Gasteiger partial charge < -0.3 is 19.4 Å². The Bertz CT molecular complexity index is 1430. The van der Waals surface area contributed by atoms with E-state index in [-0.39, 0.29) is 5.91 Å². The summed E-state index contributed by atoms with van der Waals surface area (Å²) in [6, 6.07) is 25.9. The Morgan fingerprint density at radius 3 is 2.18 bits per heavy atom. The van der Waals surface area contributed by atoms with Crippen LogP contribution in [0.25, 0.3) is 22.6 Å². The first kappa shape index (κ1) is 21.2. The Hall–Kier alpha value is -4.65. The van der Waals surface area contributed by atoms with Crippen LogP contribution in [0, 0.1) is 0 Å². The van der Waals surface area contributed by atoms with E-state index >= 15 is 0 Å². The lowest BCUT2D eigenvalue weighted by atomic mass is 10.2. The second-order valence-corrected chi connectivity index (χ2v) is 7.86. The average molecular weight is 450 g/mol. The zero-order chi connectivity index (χ0) is 23.5. The van der Waals surface area contributed by atoms with E-state index in [4.69, 9.17) is 9.47 Å². The third-order valence-corrected chi connectivity index (χ3v) is 5.16. The standard InChI is InChI=1S/C27H22N4O3/c1-31(2)27(32)18-11-13-20(14-12-18)34-25-17-23-22(16-24(25)33-19-8-4-3-5-9-19)29-26(30-23)21-10-6-7-15-28-21/h3-17H,1-2H3,(H,29,30). The number of para-hydroxylation sites is 1. The van der Waals surface area contributed by atoms with Gasteiger partial charge in [-0.15, -0.1) is 0 Å². The van der Waals surface area contributed by atoms with Crippen LogP contribution in [0.5, 0.6) is 23.0 Å². The maximum atomic E-state index is 12.2. The van der Waals surface area contributed by atoms with Gasteiger partial charge in [0.15, 0.2) is 17.3 Å². The van der Waals surface area contributed by atoms with Crippen molar-refractivity contribution in [3.63, 3.8) is 0 Å². The van der Waals surface area contributed by atoms with Crippen LogP contribution in [0.3, 0.4) is 0 Å². The van der Waals surface area contributed by atoms with Crippen molar-refractivity contribution in [3.8, 4) is 34.5 Å². The van der Waals surface area contributed by atoms with E-state index in [0.29, 0.717) is 34.4 Å². The number of aromatic amines is 1. The van der Waals surface area contributed by atoms with E-state index in [0.717, 1.165) is 16.7 Å². The number of ether oxygens (including phenoxy) is 2. The molecule has 0 aliphatic carbocycles. The van der Waals surface area contributed by atoms with E-state index < -0.39 is 0 Å². The summed E-state index contributed by atoms with van der Waals surface area (Å²) in [7, 11) is 3.44. The molecule has 0 spiro atoms. The van der Waals surface area contributed by atoms with Crippen molar-refractivity contribution in [2.24, 2.45) is 0 Å². The van der Waals surface area contributed by atoms with Crippen LogP contribution in [-0.2, 0) is 0 Å². The van der Waals surface area contributed by atoms with Crippen molar-refractivity contribution in [2.75, 3.05) is 14.1 Å². The molecule has 0 fully saturated rings. The van der Waals surface area contributed by atoms with Crippen molar-refractivity contribution in [2.45, 2.75) is 0 Å². The second-order valence-electron chi connectivity index (χ2n) is 7.86. The molecule has 7 heteroatoms. The van der Waals surface area contributed by atoms with Crippen LogP contribution >= 0.6 is 0 Å². The lowest BCUT2D eigenvalue weighted by Crippen LogP contribution is -2.21. The molecule has 0 aliphatic rings. The topological polar surface area (TPSA) is 80.3 Å². The van der Waals surface area contributed by atoms with Crippen molar-refractivity contribution in [1.29, 1.82) is 0 Å². The Morgan fingerprint density at radius 2 is 1.50 bits per heavy atom. The van der Waals surface area contributed by atoms with E-state index in [1.807, 2.05) is 60.7 Å². The lowest BCUT2D eigenvalue weighted by molar-refractivity contribution is 0.0827. The number of aromatic nitrogens is 3. The fourth-order valence-corrected chi connectivity index (χ4v) is 3.47. The van der Waals surface area contributed by atoms with Crippen LogP contribution in [0.15, 0.2) is 91.1 Å². The highest BCUT2D eigenvalue weighted by atomic mass is 16.5. The molecule has 5 rings (SSSR count). The van der Waals surface area contributed by atoms with Gasteiger partial charge >= 0.3 is 0 Å². The van der Waals surface area contributed by atoms with Gasteiger partial charge in [-0.3, -0.25) is 9.78 Å². The Labute approximate surface area is 196 Å². The molecule has 3 aromatic carbocycles. The zero-order valence-corrected chi connectivity index (χ0v) is 18.7. The Morgan fingerprint density at radius 1 is 0.824 bits per heavy atom. The molecule has 7 nitrogen and oxygen atoms in total. The first-order valence-corrected chi connectivity index (χ1v) is 10.7. The van der Waals surface area contributed by atoms with Gasteiger partial charge in [0.2, 0.25) is 0 Å². The summed E-state index contributed by atoms with van der Waals surface area (Å²) >= 11 is 0. The molecule has 0 radical (unpaired) electrons. The fraction of sp³-hybridized carbons (Fsp3) is 0.0741. The smallest absolute Gasteiger partial charge is 0.253 e. The SMILES string of the molecule is CN(C)C(=O)c1ccc(Oc2cc3nc(-c4ccccn4)[nH]c3cc2Oc2ccccc2)cc1. The van der Waals surface area contributed by atoms with E-state index in [2.05, 4.69) is 15.0 Å². The van der Waals surface area contributed by atoms with E-state index in [9.17, 15) is 4.79 Å². The molecule has 0 aliphatic heterocycles. The van der Waals surface area contributed by atoms with Gasteiger partial charge in [0, 0.05) is 38.0 Å². The molecule has 1 N–H and O–H groups in total. The lowest BCUT2D eigenvalue weighted by Gasteiger charge is -2.14. The number of H-pyrrole nitrogens is 1. The van der Waals surface area contributed by atoms with Crippen molar-refractivity contribution in [3.05, 3.63) is 96.7 Å². The molecular weight excluding hydrogens is 428 g/mol. The van der Waals surface area contributed by atoms with Gasteiger partial charge in [0.25, 0.3) is 5.91 Å². The molecular formula is C27H22N4O3. The maximum Gasteiger partial charge on any atom is 0.253 e. The molecule has 0 saturated heterocycles. The largest absolute Gasteiger partial charge is 0.453 e. The minimum absolute atomic E-state index is 0.0698. The Balaban J connectivity index is 1.52. The highest BCUT2D eigenvalue weighted by molar-refractivity contribution is 5.94. The average Bonchev–Trinajstić information content (AvgIpc) is 3.28. The third-order valence-electron chi connectivity index (χ3n) is 5.16. The van der Waals surface area contributed by atoms with Crippen LogP contribution in [0.4, 0.5) is 0 Å².